The standard InChI is InChI=1S/C11H14N2/c1-9-4-6-10(7-5-9)11(8-12)13(2)3/h4-7,11H,1-3H3. The third-order valence-electron chi connectivity index (χ3n) is 2.03. The van der Waals surface area contributed by atoms with Crippen LogP contribution in [-0.2, 0) is 0 Å². The molecular weight excluding hydrogens is 160 g/mol. The van der Waals surface area contributed by atoms with Crippen LogP contribution in [0.4, 0.5) is 0 Å². The molecule has 2 nitrogen and oxygen atoms in total. The molecule has 0 aliphatic heterocycles. The van der Waals surface area contributed by atoms with Crippen LogP contribution in [0.25, 0.3) is 0 Å². The van der Waals surface area contributed by atoms with Gasteiger partial charge >= 0.3 is 0 Å². The van der Waals surface area contributed by atoms with Crippen molar-refractivity contribution in [2.75, 3.05) is 14.1 Å². The van der Waals surface area contributed by atoms with Gasteiger partial charge < -0.3 is 0 Å². The zero-order chi connectivity index (χ0) is 9.84. The van der Waals surface area contributed by atoms with E-state index in [0.717, 1.165) is 5.56 Å². The Labute approximate surface area is 79.4 Å². The molecule has 1 rings (SSSR count). The van der Waals surface area contributed by atoms with Crippen LogP contribution in [0, 0.1) is 18.3 Å². The van der Waals surface area contributed by atoms with Gasteiger partial charge in [0.1, 0.15) is 6.04 Å². The fourth-order valence-corrected chi connectivity index (χ4v) is 1.24. The minimum absolute atomic E-state index is 0.138. The van der Waals surface area contributed by atoms with E-state index in [-0.39, 0.29) is 6.04 Å². The van der Waals surface area contributed by atoms with Crippen molar-refractivity contribution in [2.45, 2.75) is 13.0 Å². The van der Waals surface area contributed by atoms with Crippen LogP contribution < -0.4 is 0 Å². The molecule has 1 unspecified atom stereocenters. The van der Waals surface area contributed by atoms with Crippen LogP contribution in [0.5, 0.6) is 0 Å². The predicted molar refractivity (Wildman–Crippen MR) is 53.2 cm³/mol. The first kappa shape index (κ1) is 9.76. The number of hydrogen-bond acceptors (Lipinski definition) is 2. The number of rotatable bonds is 2. The van der Waals surface area contributed by atoms with E-state index in [9.17, 15) is 0 Å². The van der Waals surface area contributed by atoms with Gasteiger partial charge in [0.25, 0.3) is 0 Å². The quantitative estimate of drug-likeness (QED) is 0.686. The zero-order valence-corrected chi connectivity index (χ0v) is 8.28. The molecule has 0 bridgehead atoms. The molecule has 0 aliphatic carbocycles. The molecule has 0 saturated carbocycles. The number of nitriles is 1. The molecule has 0 saturated heterocycles. The molecule has 1 aromatic carbocycles. The average Bonchev–Trinajstić information content (AvgIpc) is 2.09. The van der Waals surface area contributed by atoms with Gasteiger partial charge in [0.05, 0.1) is 6.07 Å². The molecule has 2 heteroatoms. The molecule has 0 heterocycles. The maximum absolute atomic E-state index is 8.93. The highest BCUT2D eigenvalue weighted by Gasteiger charge is 2.11. The van der Waals surface area contributed by atoms with Gasteiger partial charge in [-0.05, 0) is 26.6 Å². The predicted octanol–water partition coefficient (Wildman–Crippen LogP) is 2.12. The first-order valence-electron chi connectivity index (χ1n) is 4.27. The normalized spacial score (nSPS) is 12.5. The summed E-state index contributed by atoms with van der Waals surface area (Å²) in [5.74, 6) is 0. The molecule has 0 amide bonds. The summed E-state index contributed by atoms with van der Waals surface area (Å²) in [6, 6.07) is 10.2. The molecule has 0 radical (unpaired) electrons. The largest absolute Gasteiger partial charge is 0.291 e. The Morgan fingerprint density at radius 2 is 1.77 bits per heavy atom. The number of aryl methyl sites for hydroxylation is 1. The van der Waals surface area contributed by atoms with Gasteiger partial charge in [-0.25, -0.2) is 0 Å². The lowest BCUT2D eigenvalue weighted by molar-refractivity contribution is 0.358. The summed E-state index contributed by atoms with van der Waals surface area (Å²) in [6.45, 7) is 2.04. The summed E-state index contributed by atoms with van der Waals surface area (Å²) in [5, 5.41) is 8.93. The van der Waals surface area contributed by atoms with Crippen molar-refractivity contribution in [1.82, 2.24) is 4.90 Å². The molecular formula is C11H14N2. The molecule has 13 heavy (non-hydrogen) atoms. The van der Waals surface area contributed by atoms with Crippen molar-refractivity contribution in [3.63, 3.8) is 0 Å². The van der Waals surface area contributed by atoms with Gasteiger partial charge in [-0.3, -0.25) is 4.90 Å². The van der Waals surface area contributed by atoms with Gasteiger partial charge in [-0.1, -0.05) is 29.8 Å². The van der Waals surface area contributed by atoms with Crippen LogP contribution in [0.2, 0.25) is 0 Å². The fourth-order valence-electron chi connectivity index (χ4n) is 1.24. The monoisotopic (exact) mass is 174 g/mol. The van der Waals surface area contributed by atoms with Gasteiger partial charge in [-0.15, -0.1) is 0 Å². The fraction of sp³-hybridized carbons (Fsp3) is 0.364. The van der Waals surface area contributed by atoms with Crippen molar-refractivity contribution >= 4 is 0 Å². The second-order valence-corrected chi connectivity index (χ2v) is 3.41. The first-order valence-corrected chi connectivity index (χ1v) is 4.27. The summed E-state index contributed by atoms with van der Waals surface area (Å²) in [4.78, 5) is 1.91. The zero-order valence-electron chi connectivity index (χ0n) is 8.28. The summed E-state index contributed by atoms with van der Waals surface area (Å²) >= 11 is 0. The van der Waals surface area contributed by atoms with E-state index in [1.165, 1.54) is 5.56 Å². The molecule has 1 atom stereocenters. The van der Waals surface area contributed by atoms with Crippen LogP contribution in [0.3, 0.4) is 0 Å². The van der Waals surface area contributed by atoms with E-state index in [0.29, 0.717) is 0 Å². The molecule has 0 fully saturated rings. The second kappa shape index (κ2) is 4.06. The summed E-state index contributed by atoms with van der Waals surface area (Å²) in [5.41, 5.74) is 2.28. The van der Waals surface area contributed by atoms with Crippen LogP contribution in [0.1, 0.15) is 17.2 Å². The van der Waals surface area contributed by atoms with Crippen LogP contribution in [0.15, 0.2) is 24.3 Å². The Hall–Kier alpha value is -1.33. The summed E-state index contributed by atoms with van der Waals surface area (Å²) in [7, 11) is 3.82. The Kier molecular flexibility index (Phi) is 3.05. The SMILES string of the molecule is Cc1ccc(C(C#N)N(C)C)cc1. The van der Waals surface area contributed by atoms with E-state index in [1.54, 1.807) is 0 Å². The van der Waals surface area contributed by atoms with Crippen molar-refractivity contribution in [1.29, 1.82) is 5.26 Å². The van der Waals surface area contributed by atoms with Gasteiger partial charge in [0.15, 0.2) is 0 Å². The lowest BCUT2D eigenvalue weighted by atomic mass is 10.1. The minimum atomic E-state index is -0.138. The average molecular weight is 174 g/mol. The molecule has 68 valence electrons. The van der Waals surface area contributed by atoms with E-state index in [4.69, 9.17) is 5.26 Å². The summed E-state index contributed by atoms with van der Waals surface area (Å²) in [6.07, 6.45) is 0. The van der Waals surface area contributed by atoms with Gasteiger partial charge in [-0.2, -0.15) is 5.26 Å². The number of nitrogens with zero attached hydrogens (tertiary/aromatic N) is 2. The van der Waals surface area contributed by atoms with Crippen LogP contribution >= 0.6 is 0 Å². The second-order valence-electron chi connectivity index (χ2n) is 3.41. The molecule has 0 aromatic heterocycles. The van der Waals surface area contributed by atoms with Crippen molar-refractivity contribution in [3.05, 3.63) is 35.4 Å². The Morgan fingerprint density at radius 3 is 2.15 bits per heavy atom. The van der Waals surface area contributed by atoms with E-state index >= 15 is 0 Å². The highest BCUT2D eigenvalue weighted by Crippen LogP contribution is 2.17. The number of hydrogen-bond donors (Lipinski definition) is 0. The Morgan fingerprint density at radius 1 is 1.23 bits per heavy atom. The molecule has 1 aromatic rings. The van der Waals surface area contributed by atoms with E-state index < -0.39 is 0 Å². The first-order chi connectivity index (χ1) is 6.15. The summed E-state index contributed by atoms with van der Waals surface area (Å²) < 4.78 is 0. The van der Waals surface area contributed by atoms with Crippen molar-refractivity contribution in [3.8, 4) is 6.07 Å². The van der Waals surface area contributed by atoms with E-state index in [1.807, 2.05) is 50.2 Å². The molecule has 0 aliphatic rings. The molecule has 0 N–H and O–H groups in total. The Bertz CT molecular complexity index is 306. The van der Waals surface area contributed by atoms with Gasteiger partial charge in [0.2, 0.25) is 0 Å². The van der Waals surface area contributed by atoms with Crippen molar-refractivity contribution < 1.29 is 0 Å². The topological polar surface area (TPSA) is 27.0 Å². The van der Waals surface area contributed by atoms with Gasteiger partial charge in [0, 0.05) is 0 Å². The van der Waals surface area contributed by atoms with Crippen molar-refractivity contribution in [2.24, 2.45) is 0 Å². The van der Waals surface area contributed by atoms with Crippen LogP contribution in [-0.4, -0.2) is 19.0 Å². The smallest absolute Gasteiger partial charge is 0.123 e. The minimum Gasteiger partial charge on any atom is -0.291 e. The maximum Gasteiger partial charge on any atom is 0.123 e. The molecule has 0 spiro atoms. The highest BCUT2D eigenvalue weighted by molar-refractivity contribution is 5.27. The Balaban J connectivity index is 2.94. The third kappa shape index (κ3) is 2.30. The maximum atomic E-state index is 8.93. The van der Waals surface area contributed by atoms with E-state index in [2.05, 4.69) is 6.07 Å². The third-order valence-corrected chi connectivity index (χ3v) is 2.03. The number of benzene rings is 1. The highest BCUT2D eigenvalue weighted by atomic mass is 15.1. The lowest BCUT2D eigenvalue weighted by Crippen LogP contribution is -2.18. The lowest BCUT2D eigenvalue weighted by Gasteiger charge is -2.17.